The minimum absolute atomic E-state index is 0.0814. The zero-order valence-electron chi connectivity index (χ0n) is 10.7. The molecule has 2 rings (SSSR count). The smallest absolute Gasteiger partial charge is 0.335 e. The van der Waals surface area contributed by atoms with Gasteiger partial charge in [0.25, 0.3) is 5.91 Å². The summed E-state index contributed by atoms with van der Waals surface area (Å²) < 4.78 is 5.23. The fraction of sp³-hybridized carbons (Fsp3) is 0.0714. The van der Waals surface area contributed by atoms with Gasteiger partial charge in [0, 0.05) is 0 Å². The third kappa shape index (κ3) is 3.81. The molecule has 0 saturated carbocycles. The molecule has 0 aliphatic rings. The highest BCUT2D eigenvalue weighted by Gasteiger charge is 2.09. The van der Waals surface area contributed by atoms with Crippen LogP contribution in [0.1, 0.15) is 15.9 Å². The van der Waals surface area contributed by atoms with Crippen LogP contribution in [0, 0.1) is 11.3 Å². The topological polar surface area (TPSA) is 99.4 Å². The molecule has 7 heteroatoms. The molecule has 0 bridgehead atoms. The molecule has 6 nitrogen and oxygen atoms in total. The molecule has 0 fully saturated rings. The number of carboxylic acid groups (broad SMARTS) is 1. The second-order valence-corrected chi connectivity index (χ2v) is 4.86. The first-order valence-corrected chi connectivity index (χ1v) is 6.71. The minimum atomic E-state index is -1.07. The van der Waals surface area contributed by atoms with Crippen molar-refractivity contribution in [3.05, 3.63) is 46.8 Å². The van der Waals surface area contributed by atoms with Gasteiger partial charge < -0.3 is 15.2 Å². The number of carboxylic acids is 1. The second kappa shape index (κ2) is 6.54. The van der Waals surface area contributed by atoms with Gasteiger partial charge in [0.05, 0.1) is 11.1 Å². The number of hydrogen-bond acceptors (Lipinski definition) is 5. The van der Waals surface area contributed by atoms with Crippen LogP contribution in [0.4, 0.5) is 5.00 Å². The maximum absolute atomic E-state index is 11.7. The first kappa shape index (κ1) is 14.6. The van der Waals surface area contributed by atoms with E-state index >= 15 is 0 Å². The van der Waals surface area contributed by atoms with E-state index in [2.05, 4.69) is 5.32 Å². The third-order valence-electron chi connectivity index (χ3n) is 2.49. The monoisotopic (exact) mass is 302 g/mol. The van der Waals surface area contributed by atoms with Gasteiger partial charge >= 0.3 is 5.97 Å². The summed E-state index contributed by atoms with van der Waals surface area (Å²) in [5, 5.41) is 22.4. The van der Waals surface area contributed by atoms with Crippen LogP contribution in [0.2, 0.25) is 0 Å². The number of amides is 1. The number of rotatable bonds is 5. The maximum Gasteiger partial charge on any atom is 0.335 e. The average Bonchev–Trinajstić information content (AvgIpc) is 2.92. The number of nitrogens with zero attached hydrogens (tertiary/aromatic N) is 1. The molecule has 1 heterocycles. The van der Waals surface area contributed by atoms with Gasteiger partial charge in [-0.15, -0.1) is 11.3 Å². The van der Waals surface area contributed by atoms with Gasteiger partial charge in [-0.1, -0.05) is 6.07 Å². The number of carbonyl (C=O) groups is 2. The summed E-state index contributed by atoms with van der Waals surface area (Å²) in [5.41, 5.74) is 0.471. The van der Waals surface area contributed by atoms with Crippen molar-refractivity contribution < 1.29 is 19.4 Å². The molecule has 0 aliphatic carbocycles. The van der Waals surface area contributed by atoms with Crippen LogP contribution >= 0.6 is 11.3 Å². The summed E-state index contributed by atoms with van der Waals surface area (Å²) in [6.07, 6.45) is 0. The molecule has 21 heavy (non-hydrogen) atoms. The summed E-state index contributed by atoms with van der Waals surface area (Å²) >= 11 is 1.24. The Balaban J connectivity index is 1.94. The number of hydrogen-bond donors (Lipinski definition) is 2. The molecule has 2 N–H and O–H groups in total. The van der Waals surface area contributed by atoms with Crippen molar-refractivity contribution in [3.8, 4) is 11.8 Å². The van der Waals surface area contributed by atoms with Gasteiger partial charge in [-0.05, 0) is 29.6 Å². The van der Waals surface area contributed by atoms with E-state index in [1.807, 2.05) is 6.07 Å². The number of thiophene rings is 1. The first-order valence-electron chi connectivity index (χ1n) is 5.84. The lowest BCUT2D eigenvalue weighted by Gasteiger charge is -2.07. The number of anilines is 1. The van der Waals surface area contributed by atoms with E-state index in [4.69, 9.17) is 15.1 Å². The number of carbonyl (C=O) groups excluding carboxylic acids is 1. The summed E-state index contributed by atoms with van der Waals surface area (Å²) in [7, 11) is 0. The molecule has 0 saturated heterocycles. The fourth-order valence-electron chi connectivity index (χ4n) is 1.52. The largest absolute Gasteiger partial charge is 0.484 e. The van der Waals surface area contributed by atoms with Crippen LogP contribution in [0.3, 0.4) is 0 Å². The molecule has 0 radical (unpaired) electrons. The third-order valence-corrected chi connectivity index (χ3v) is 3.32. The Kier molecular flexibility index (Phi) is 4.53. The van der Waals surface area contributed by atoms with Crippen LogP contribution in [0.5, 0.6) is 5.75 Å². The van der Waals surface area contributed by atoms with Gasteiger partial charge in [0.2, 0.25) is 0 Å². The van der Waals surface area contributed by atoms with Crippen molar-refractivity contribution in [2.45, 2.75) is 0 Å². The van der Waals surface area contributed by atoms with Gasteiger partial charge in [-0.25, -0.2) is 4.79 Å². The predicted octanol–water partition coefficient (Wildman–Crippen LogP) is 2.34. The molecule has 0 aliphatic heterocycles. The Morgan fingerprint density at radius 2 is 2.19 bits per heavy atom. The van der Waals surface area contributed by atoms with E-state index in [1.54, 1.807) is 17.5 Å². The standard InChI is InChI=1S/C14H10N2O4S/c15-7-10-4-5-21-13(10)16-12(17)8-20-11-3-1-2-9(6-11)14(18)19/h1-6H,8H2,(H,16,17)(H,18,19). The Hall–Kier alpha value is -2.85. The van der Waals surface area contributed by atoms with Gasteiger partial charge in [0.1, 0.15) is 16.8 Å². The minimum Gasteiger partial charge on any atom is -0.484 e. The Morgan fingerprint density at radius 3 is 2.90 bits per heavy atom. The van der Waals surface area contributed by atoms with Crippen molar-refractivity contribution in [2.75, 3.05) is 11.9 Å². The molecular formula is C14H10N2O4S. The molecule has 2 aromatic rings. The van der Waals surface area contributed by atoms with Gasteiger partial charge in [0.15, 0.2) is 6.61 Å². The normalized spacial score (nSPS) is 9.67. The molecular weight excluding hydrogens is 292 g/mol. The van der Waals surface area contributed by atoms with Crippen molar-refractivity contribution in [1.29, 1.82) is 5.26 Å². The first-order chi connectivity index (χ1) is 10.1. The number of aromatic carboxylic acids is 1. The highest BCUT2D eigenvalue weighted by atomic mass is 32.1. The van der Waals surface area contributed by atoms with Crippen LogP contribution in [0.15, 0.2) is 35.7 Å². The lowest BCUT2D eigenvalue weighted by molar-refractivity contribution is -0.118. The number of nitriles is 1. The zero-order chi connectivity index (χ0) is 15.2. The average molecular weight is 302 g/mol. The van der Waals surface area contributed by atoms with Crippen LogP contribution in [-0.2, 0) is 4.79 Å². The van der Waals surface area contributed by atoms with Gasteiger partial charge in [-0.2, -0.15) is 5.26 Å². The van der Waals surface area contributed by atoms with Crippen LogP contribution in [0.25, 0.3) is 0 Å². The van der Waals surface area contributed by atoms with E-state index < -0.39 is 11.9 Å². The van der Waals surface area contributed by atoms with Crippen LogP contribution in [-0.4, -0.2) is 23.6 Å². The van der Waals surface area contributed by atoms with E-state index in [0.717, 1.165) is 0 Å². The molecule has 1 aromatic carbocycles. The zero-order valence-corrected chi connectivity index (χ0v) is 11.5. The number of benzene rings is 1. The second-order valence-electron chi connectivity index (χ2n) is 3.95. The summed E-state index contributed by atoms with van der Waals surface area (Å²) in [6, 6.07) is 9.43. The molecule has 106 valence electrons. The molecule has 1 amide bonds. The van der Waals surface area contributed by atoms with Gasteiger partial charge in [-0.3, -0.25) is 4.79 Å². The fourth-order valence-corrected chi connectivity index (χ4v) is 2.28. The maximum atomic E-state index is 11.7. The molecule has 0 unspecified atom stereocenters. The van der Waals surface area contributed by atoms with Crippen molar-refractivity contribution >= 4 is 28.2 Å². The Labute approximate surface area is 124 Å². The number of nitrogens with one attached hydrogen (secondary N) is 1. The van der Waals surface area contributed by atoms with Crippen molar-refractivity contribution in [1.82, 2.24) is 0 Å². The molecule has 1 aromatic heterocycles. The lowest BCUT2D eigenvalue weighted by atomic mass is 10.2. The highest BCUT2D eigenvalue weighted by molar-refractivity contribution is 7.14. The van der Waals surface area contributed by atoms with Crippen molar-refractivity contribution in [3.63, 3.8) is 0 Å². The Morgan fingerprint density at radius 1 is 1.38 bits per heavy atom. The SMILES string of the molecule is N#Cc1ccsc1NC(=O)COc1cccc(C(=O)O)c1. The predicted molar refractivity (Wildman–Crippen MR) is 76.6 cm³/mol. The lowest BCUT2D eigenvalue weighted by Crippen LogP contribution is -2.20. The van der Waals surface area contributed by atoms with E-state index in [9.17, 15) is 9.59 Å². The highest BCUT2D eigenvalue weighted by Crippen LogP contribution is 2.22. The van der Waals surface area contributed by atoms with E-state index in [0.29, 0.717) is 10.6 Å². The van der Waals surface area contributed by atoms with E-state index in [-0.39, 0.29) is 17.9 Å². The van der Waals surface area contributed by atoms with E-state index in [1.165, 1.54) is 29.5 Å². The number of ether oxygens (including phenoxy) is 1. The molecule has 0 atom stereocenters. The Bertz CT molecular complexity index is 718. The summed E-state index contributed by atoms with van der Waals surface area (Å²) in [4.78, 5) is 22.5. The molecule has 0 spiro atoms. The quantitative estimate of drug-likeness (QED) is 0.883. The summed E-state index contributed by atoms with van der Waals surface area (Å²) in [6.45, 7) is -0.272. The summed E-state index contributed by atoms with van der Waals surface area (Å²) in [5.74, 6) is -1.20. The van der Waals surface area contributed by atoms with Crippen LogP contribution < -0.4 is 10.1 Å². The van der Waals surface area contributed by atoms with Crippen molar-refractivity contribution in [2.24, 2.45) is 0 Å².